The number of amides is 1. The Balaban J connectivity index is 1.11. The molecule has 6 nitrogen and oxygen atoms in total. The molecule has 10 heteroatoms. The molecule has 2 aromatic rings. The molecule has 1 heterocycles. The Labute approximate surface area is 241 Å². The molecular formula is C29H30Cl2FN3O3S. The number of ketones is 1. The Morgan fingerprint density at radius 3 is 2.38 bits per heavy atom. The molecule has 6 rings (SSSR count). The molecule has 0 aromatic heterocycles. The number of hydrogen-bond donors (Lipinski definition) is 2. The molecule has 1 aliphatic heterocycles. The minimum absolute atomic E-state index is 0.0631. The van der Waals surface area contributed by atoms with Crippen molar-refractivity contribution in [2.24, 2.45) is 11.7 Å². The summed E-state index contributed by atoms with van der Waals surface area (Å²) in [5, 5.41) is 1.16. The summed E-state index contributed by atoms with van der Waals surface area (Å²) >= 11 is 14.2. The van der Waals surface area contributed by atoms with E-state index in [1.165, 1.54) is 24.8 Å². The van der Waals surface area contributed by atoms with Crippen molar-refractivity contribution in [1.29, 1.82) is 0 Å². The zero-order chi connectivity index (χ0) is 27.3. The molecule has 39 heavy (non-hydrogen) atoms. The summed E-state index contributed by atoms with van der Waals surface area (Å²) in [6.45, 7) is 0.721. The van der Waals surface area contributed by atoms with Crippen LogP contribution in [-0.4, -0.2) is 47.9 Å². The maximum Gasteiger partial charge on any atom is 0.261 e. The van der Waals surface area contributed by atoms with Crippen molar-refractivity contribution in [3.05, 3.63) is 69.2 Å². The molecule has 1 saturated heterocycles. The highest BCUT2D eigenvalue weighted by molar-refractivity contribution is 7.98. The van der Waals surface area contributed by atoms with Gasteiger partial charge in [0.25, 0.3) is 5.91 Å². The molecule has 4 aliphatic rings. The summed E-state index contributed by atoms with van der Waals surface area (Å²) in [6.07, 6.45) is 4.39. The Hall–Kier alpha value is -2.26. The molecule has 3 atom stereocenters. The molecule has 0 spiro atoms. The van der Waals surface area contributed by atoms with E-state index in [9.17, 15) is 14.0 Å². The maximum absolute atomic E-state index is 14.9. The van der Waals surface area contributed by atoms with Gasteiger partial charge in [-0.15, -0.1) is 0 Å². The van der Waals surface area contributed by atoms with E-state index in [4.69, 9.17) is 33.7 Å². The second-order valence-electron chi connectivity index (χ2n) is 11.0. The van der Waals surface area contributed by atoms with Gasteiger partial charge in [-0.2, -0.15) is 0 Å². The van der Waals surface area contributed by atoms with Gasteiger partial charge in [-0.05, 0) is 86.9 Å². The summed E-state index contributed by atoms with van der Waals surface area (Å²) in [7, 11) is 0. The maximum atomic E-state index is 14.9. The first-order valence-electron chi connectivity index (χ1n) is 13.3. The van der Waals surface area contributed by atoms with Gasteiger partial charge in [0.2, 0.25) is 0 Å². The van der Waals surface area contributed by atoms with E-state index in [2.05, 4.69) is 9.62 Å². The molecule has 3 aliphatic carbocycles. The highest BCUT2D eigenvalue weighted by Gasteiger charge is 2.52. The van der Waals surface area contributed by atoms with Gasteiger partial charge in [-0.25, -0.2) is 4.39 Å². The number of fused-ring (bicyclic) bond motifs is 2. The quantitative estimate of drug-likeness (QED) is 0.263. The Kier molecular flexibility index (Phi) is 7.33. The normalized spacial score (nSPS) is 25.4. The fraction of sp³-hybridized carbons (Fsp3) is 0.448. The SMILES string of the molecule is NC(=C(CO[C@@H]1C[C@@H]2C[C@H]1CN2c1ccc(C(=O)NSC2CC2)cc1)C(=O)C1(F)CC1)c1c(Cl)cccc1Cl. The van der Waals surface area contributed by atoms with Crippen molar-refractivity contribution in [2.45, 2.75) is 61.6 Å². The second-order valence-corrected chi connectivity index (χ2v) is 12.9. The van der Waals surface area contributed by atoms with Crippen LogP contribution < -0.4 is 15.4 Å². The van der Waals surface area contributed by atoms with Crippen LogP contribution in [0.25, 0.3) is 5.70 Å². The molecule has 0 unspecified atom stereocenters. The van der Waals surface area contributed by atoms with E-state index in [0.717, 1.165) is 25.1 Å². The van der Waals surface area contributed by atoms with Crippen molar-refractivity contribution in [3.63, 3.8) is 0 Å². The van der Waals surface area contributed by atoms with Crippen LogP contribution in [-0.2, 0) is 9.53 Å². The van der Waals surface area contributed by atoms with E-state index in [-0.39, 0.29) is 48.6 Å². The summed E-state index contributed by atoms with van der Waals surface area (Å²) in [5.74, 6) is -0.429. The van der Waals surface area contributed by atoms with Crippen LogP contribution in [0.4, 0.5) is 10.1 Å². The number of nitrogens with one attached hydrogen (secondary N) is 1. The molecule has 4 fully saturated rings. The highest BCUT2D eigenvalue weighted by Crippen LogP contribution is 2.45. The fourth-order valence-electron chi connectivity index (χ4n) is 5.58. The average molecular weight is 591 g/mol. The number of piperidine rings is 1. The third-order valence-corrected chi connectivity index (χ3v) is 9.89. The zero-order valence-corrected chi connectivity index (χ0v) is 23.6. The summed E-state index contributed by atoms with van der Waals surface area (Å²) in [4.78, 5) is 27.8. The minimum atomic E-state index is -1.89. The number of alkyl halides is 1. The third kappa shape index (κ3) is 5.53. The van der Waals surface area contributed by atoms with E-state index in [1.807, 2.05) is 24.3 Å². The number of ether oxygens (including phenoxy) is 1. The lowest BCUT2D eigenvalue weighted by atomic mass is 9.99. The number of nitrogens with zero attached hydrogens (tertiary/aromatic N) is 1. The van der Waals surface area contributed by atoms with E-state index in [0.29, 0.717) is 32.5 Å². The first-order chi connectivity index (χ1) is 18.7. The molecule has 206 valence electrons. The zero-order valence-electron chi connectivity index (χ0n) is 21.3. The average Bonchev–Trinajstić information content (AvgIpc) is 3.83. The summed E-state index contributed by atoms with van der Waals surface area (Å²) in [6, 6.07) is 13.0. The Bertz CT molecular complexity index is 1310. The monoisotopic (exact) mass is 589 g/mol. The lowest BCUT2D eigenvalue weighted by Crippen LogP contribution is -2.39. The summed E-state index contributed by atoms with van der Waals surface area (Å²) < 4.78 is 24.1. The molecule has 2 aromatic carbocycles. The van der Waals surface area contributed by atoms with Crippen LogP contribution in [0.2, 0.25) is 10.0 Å². The number of nitrogens with two attached hydrogens (primary N) is 1. The van der Waals surface area contributed by atoms with Gasteiger partial charge < -0.3 is 15.4 Å². The number of carbonyl (C=O) groups excluding carboxylic acids is 2. The van der Waals surface area contributed by atoms with Gasteiger partial charge in [-0.3, -0.25) is 14.3 Å². The smallest absolute Gasteiger partial charge is 0.261 e. The summed E-state index contributed by atoms with van der Waals surface area (Å²) in [5.41, 5.74) is 6.74. The fourth-order valence-corrected chi connectivity index (χ4v) is 6.95. The van der Waals surface area contributed by atoms with Gasteiger partial charge in [0.1, 0.15) is 0 Å². The minimum Gasteiger partial charge on any atom is -0.398 e. The van der Waals surface area contributed by atoms with Crippen LogP contribution in [0.15, 0.2) is 48.0 Å². The third-order valence-electron chi connectivity index (χ3n) is 8.15. The second kappa shape index (κ2) is 10.6. The molecule has 3 N–H and O–H groups in total. The number of halogens is 3. The first-order valence-corrected chi connectivity index (χ1v) is 15.0. The number of rotatable bonds is 10. The molecule has 2 bridgehead atoms. The van der Waals surface area contributed by atoms with Crippen molar-refractivity contribution >= 4 is 58.2 Å². The first kappa shape index (κ1) is 26.9. The van der Waals surface area contributed by atoms with Gasteiger partial charge in [0.15, 0.2) is 11.5 Å². The Morgan fingerprint density at radius 1 is 1.10 bits per heavy atom. The van der Waals surface area contributed by atoms with E-state index < -0.39 is 11.5 Å². The van der Waals surface area contributed by atoms with Gasteiger partial charge in [0, 0.05) is 46.1 Å². The van der Waals surface area contributed by atoms with Crippen LogP contribution in [0.5, 0.6) is 0 Å². The van der Waals surface area contributed by atoms with Crippen LogP contribution in [0.1, 0.15) is 54.4 Å². The number of anilines is 1. The van der Waals surface area contributed by atoms with Crippen molar-refractivity contribution in [1.82, 2.24) is 4.72 Å². The number of carbonyl (C=O) groups is 2. The standard InChI is InChI=1S/C29H30Cl2FN3O3S/c30-22-2-1-3-23(31)25(22)26(33)21(27(36)29(32)10-11-29)15-38-24-13-19-12-17(24)14-35(19)18-6-4-16(5-7-18)28(37)34-39-20-8-9-20/h1-7,17,19-20,24H,8-15,33H2,(H,34,37)/t17-,19-,24+/m0/s1. The lowest BCUT2D eigenvalue weighted by Gasteiger charge is -2.33. The van der Waals surface area contributed by atoms with E-state index in [1.54, 1.807) is 18.2 Å². The number of benzene rings is 2. The molecule has 1 amide bonds. The van der Waals surface area contributed by atoms with Crippen LogP contribution >= 0.6 is 35.1 Å². The lowest BCUT2D eigenvalue weighted by molar-refractivity contribution is -0.122. The van der Waals surface area contributed by atoms with Gasteiger partial charge in [-0.1, -0.05) is 29.3 Å². The van der Waals surface area contributed by atoms with Gasteiger partial charge >= 0.3 is 0 Å². The predicted octanol–water partition coefficient (Wildman–Crippen LogP) is 5.96. The van der Waals surface area contributed by atoms with Crippen molar-refractivity contribution in [3.8, 4) is 0 Å². The van der Waals surface area contributed by atoms with Gasteiger partial charge in [0.05, 0.1) is 28.5 Å². The van der Waals surface area contributed by atoms with Crippen LogP contribution in [0, 0.1) is 5.92 Å². The predicted molar refractivity (Wildman–Crippen MR) is 154 cm³/mol. The molecular weight excluding hydrogens is 560 g/mol. The van der Waals surface area contributed by atoms with Crippen molar-refractivity contribution in [2.75, 3.05) is 18.1 Å². The number of hydrogen-bond acceptors (Lipinski definition) is 6. The van der Waals surface area contributed by atoms with E-state index >= 15 is 0 Å². The highest BCUT2D eigenvalue weighted by atomic mass is 35.5. The van der Waals surface area contributed by atoms with Crippen molar-refractivity contribution < 1.29 is 18.7 Å². The molecule has 0 radical (unpaired) electrons. The Morgan fingerprint density at radius 2 is 1.79 bits per heavy atom. The number of Topliss-reactive ketones (excluding diaryl/α,β-unsaturated/α-hetero) is 1. The van der Waals surface area contributed by atoms with Crippen LogP contribution in [0.3, 0.4) is 0 Å². The topological polar surface area (TPSA) is 84.7 Å². The molecule has 3 saturated carbocycles. The largest absolute Gasteiger partial charge is 0.398 e.